The Labute approximate surface area is 199 Å². The third-order valence-corrected chi connectivity index (χ3v) is 6.47. The maximum Gasteiger partial charge on any atom is 0.223 e. The molecule has 0 saturated heterocycles. The number of rotatable bonds is 4. The van der Waals surface area contributed by atoms with Gasteiger partial charge in [-0.15, -0.1) is 5.10 Å². The first-order chi connectivity index (χ1) is 17.0. The van der Waals surface area contributed by atoms with E-state index in [-0.39, 0.29) is 5.95 Å². The zero-order valence-electron chi connectivity index (χ0n) is 19.0. The van der Waals surface area contributed by atoms with Crippen molar-refractivity contribution in [2.24, 2.45) is 0 Å². The standard InChI is InChI=1S/C26H22F2N6O/c1-35-22-4-2-3-19-24(22)31-26(29)34-25(19)30-23(32-34)14-33-10-9-15-5-6-16(11-18(15)13-33)17-7-8-20(27)21(28)12-17/h2-8,11-12H,9-10,13-14H2,1H3,(H2,29,31). The van der Waals surface area contributed by atoms with Crippen molar-refractivity contribution in [2.75, 3.05) is 19.4 Å². The minimum absolute atomic E-state index is 0.246. The number of para-hydroxylation sites is 1. The molecular weight excluding hydrogens is 450 g/mol. The molecule has 2 N–H and O–H groups in total. The minimum Gasteiger partial charge on any atom is -0.494 e. The Hall–Kier alpha value is -4.11. The molecule has 0 spiro atoms. The van der Waals surface area contributed by atoms with Gasteiger partial charge in [-0.3, -0.25) is 4.90 Å². The molecule has 0 aliphatic carbocycles. The summed E-state index contributed by atoms with van der Waals surface area (Å²) in [5.74, 6) is -0.172. The van der Waals surface area contributed by atoms with E-state index < -0.39 is 11.6 Å². The lowest BCUT2D eigenvalue weighted by molar-refractivity contribution is 0.239. The predicted molar refractivity (Wildman–Crippen MR) is 129 cm³/mol. The molecule has 7 nitrogen and oxygen atoms in total. The van der Waals surface area contributed by atoms with Gasteiger partial charge in [0.25, 0.3) is 0 Å². The highest BCUT2D eigenvalue weighted by Crippen LogP contribution is 2.29. The van der Waals surface area contributed by atoms with Gasteiger partial charge in [0.15, 0.2) is 23.1 Å². The van der Waals surface area contributed by atoms with E-state index in [0.29, 0.717) is 41.4 Å². The number of halogens is 2. The molecule has 1 aliphatic rings. The Morgan fingerprint density at radius 2 is 1.80 bits per heavy atom. The fraction of sp³-hybridized carbons (Fsp3) is 0.192. The molecule has 0 unspecified atom stereocenters. The highest BCUT2D eigenvalue weighted by atomic mass is 19.2. The van der Waals surface area contributed by atoms with Gasteiger partial charge in [0.05, 0.1) is 13.7 Å². The summed E-state index contributed by atoms with van der Waals surface area (Å²) < 4.78 is 34.1. The Kier molecular flexibility index (Phi) is 5.07. The van der Waals surface area contributed by atoms with Gasteiger partial charge < -0.3 is 10.5 Å². The van der Waals surface area contributed by atoms with Crippen LogP contribution in [0.2, 0.25) is 0 Å². The van der Waals surface area contributed by atoms with Crippen LogP contribution in [0.1, 0.15) is 17.0 Å². The normalized spacial score (nSPS) is 13.9. The van der Waals surface area contributed by atoms with E-state index >= 15 is 0 Å². The summed E-state index contributed by atoms with van der Waals surface area (Å²) in [7, 11) is 1.60. The Balaban J connectivity index is 1.29. The second kappa shape index (κ2) is 8.28. The number of hydrogen-bond donors (Lipinski definition) is 1. The number of hydrogen-bond acceptors (Lipinski definition) is 6. The van der Waals surface area contributed by atoms with Gasteiger partial charge in [-0.25, -0.2) is 18.7 Å². The highest BCUT2D eigenvalue weighted by Gasteiger charge is 2.20. The molecule has 5 aromatic rings. The van der Waals surface area contributed by atoms with Gasteiger partial charge in [0, 0.05) is 18.5 Å². The summed E-state index contributed by atoms with van der Waals surface area (Å²) in [5, 5.41) is 5.43. The van der Waals surface area contributed by atoms with E-state index in [0.717, 1.165) is 35.5 Å². The third kappa shape index (κ3) is 3.74. The molecule has 0 radical (unpaired) electrons. The molecule has 0 saturated carbocycles. The molecule has 3 heterocycles. The second-order valence-electron chi connectivity index (χ2n) is 8.66. The van der Waals surface area contributed by atoms with Gasteiger partial charge in [0.2, 0.25) is 5.95 Å². The highest BCUT2D eigenvalue weighted by molar-refractivity contribution is 5.95. The first-order valence-electron chi connectivity index (χ1n) is 11.3. The number of methoxy groups -OCH3 is 1. The number of fused-ring (bicyclic) bond motifs is 4. The van der Waals surface area contributed by atoms with Crippen LogP contribution in [-0.2, 0) is 19.5 Å². The summed E-state index contributed by atoms with van der Waals surface area (Å²) in [6.45, 7) is 2.10. The van der Waals surface area contributed by atoms with E-state index in [4.69, 9.17) is 15.5 Å². The van der Waals surface area contributed by atoms with Gasteiger partial charge in [-0.2, -0.15) is 4.52 Å². The molecule has 1 aliphatic heterocycles. The van der Waals surface area contributed by atoms with Crippen LogP contribution in [0.3, 0.4) is 0 Å². The molecule has 0 fully saturated rings. The second-order valence-corrected chi connectivity index (χ2v) is 8.66. The number of nitrogens with two attached hydrogens (primary N) is 1. The van der Waals surface area contributed by atoms with Gasteiger partial charge in [-0.05, 0) is 59.0 Å². The van der Waals surface area contributed by atoms with Crippen molar-refractivity contribution in [3.63, 3.8) is 0 Å². The number of ether oxygens (including phenoxy) is 1. The van der Waals surface area contributed by atoms with Crippen molar-refractivity contribution in [3.8, 4) is 16.9 Å². The first-order valence-corrected chi connectivity index (χ1v) is 11.3. The van der Waals surface area contributed by atoms with Gasteiger partial charge in [-0.1, -0.05) is 24.3 Å². The lowest BCUT2D eigenvalue weighted by Gasteiger charge is -2.28. The van der Waals surface area contributed by atoms with Gasteiger partial charge >= 0.3 is 0 Å². The predicted octanol–water partition coefficient (Wildman–Crippen LogP) is 4.37. The molecule has 2 aromatic heterocycles. The zero-order chi connectivity index (χ0) is 24.1. The number of anilines is 1. The van der Waals surface area contributed by atoms with Crippen molar-refractivity contribution in [3.05, 3.63) is 83.2 Å². The van der Waals surface area contributed by atoms with Crippen LogP contribution in [0.5, 0.6) is 5.75 Å². The van der Waals surface area contributed by atoms with Crippen molar-refractivity contribution < 1.29 is 13.5 Å². The lowest BCUT2D eigenvalue weighted by atomic mass is 9.94. The van der Waals surface area contributed by atoms with Crippen LogP contribution < -0.4 is 10.5 Å². The lowest BCUT2D eigenvalue weighted by Crippen LogP contribution is -2.30. The van der Waals surface area contributed by atoms with E-state index in [2.05, 4.69) is 21.0 Å². The fourth-order valence-corrected chi connectivity index (χ4v) is 4.71. The van der Waals surface area contributed by atoms with Crippen molar-refractivity contribution in [1.82, 2.24) is 24.5 Å². The number of aromatic nitrogens is 4. The van der Waals surface area contributed by atoms with Crippen LogP contribution in [0.4, 0.5) is 14.7 Å². The number of nitrogen functional groups attached to an aromatic ring is 1. The topological polar surface area (TPSA) is 81.6 Å². The molecule has 6 rings (SSSR count). The Morgan fingerprint density at radius 1 is 0.971 bits per heavy atom. The molecule has 9 heteroatoms. The molecule has 0 amide bonds. The first kappa shape index (κ1) is 21.4. The average molecular weight is 472 g/mol. The molecule has 0 atom stereocenters. The molecular formula is C26H22F2N6O. The summed E-state index contributed by atoms with van der Waals surface area (Å²) in [6.07, 6.45) is 0.880. The SMILES string of the molecule is COc1cccc2c1nc(N)n1nc(CN3CCc4ccc(-c5ccc(F)c(F)c5)cc4C3)nc21. The van der Waals surface area contributed by atoms with Gasteiger partial charge in [0.1, 0.15) is 11.3 Å². The van der Waals surface area contributed by atoms with Crippen LogP contribution >= 0.6 is 0 Å². The molecule has 3 aromatic carbocycles. The number of benzene rings is 3. The van der Waals surface area contributed by atoms with E-state index in [9.17, 15) is 8.78 Å². The van der Waals surface area contributed by atoms with Crippen LogP contribution in [0.15, 0.2) is 54.6 Å². The number of nitrogens with zero attached hydrogens (tertiary/aromatic N) is 5. The van der Waals surface area contributed by atoms with E-state index in [1.54, 1.807) is 17.7 Å². The molecule has 176 valence electrons. The monoisotopic (exact) mass is 472 g/mol. The smallest absolute Gasteiger partial charge is 0.223 e. The largest absolute Gasteiger partial charge is 0.494 e. The van der Waals surface area contributed by atoms with Crippen LogP contribution in [0.25, 0.3) is 27.7 Å². The summed E-state index contributed by atoms with van der Waals surface area (Å²) >= 11 is 0. The molecule has 35 heavy (non-hydrogen) atoms. The van der Waals surface area contributed by atoms with Crippen molar-refractivity contribution in [2.45, 2.75) is 19.5 Å². The van der Waals surface area contributed by atoms with E-state index in [1.807, 2.05) is 30.3 Å². The van der Waals surface area contributed by atoms with Crippen LogP contribution in [-0.4, -0.2) is 38.1 Å². The van der Waals surface area contributed by atoms with E-state index in [1.165, 1.54) is 11.6 Å². The molecule has 0 bridgehead atoms. The average Bonchev–Trinajstić information content (AvgIpc) is 3.29. The van der Waals surface area contributed by atoms with Crippen molar-refractivity contribution >= 4 is 22.5 Å². The Bertz CT molecular complexity index is 1600. The van der Waals surface area contributed by atoms with Crippen LogP contribution in [0, 0.1) is 11.6 Å². The quantitative estimate of drug-likeness (QED) is 0.418. The summed E-state index contributed by atoms with van der Waals surface area (Å²) in [4.78, 5) is 11.5. The maximum atomic E-state index is 13.7. The minimum atomic E-state index is -0.848. The maximum absolute atomic E-state index is 13.7. The zero-order valence-corrected chi connectivity index (χ0v) is 19.0. The van der Waals surface area contributed by atoms with Crippen molar-refractivity contribution in [1.29, 1.82) is 0 Å². The fourth-order valence-electron chi connectivity index (χ4n) is 4.71. The summed E-state index contributed by atoms with van der Waals surface area (Å²) in [5.41, 5.74) is 11.4. The third-order valence-electron chi connectivity index (χ3n) is 6.47. The Morgan fingerprint density at radius 3 is 2.63 bits per heavy atom. The summed E-state index contributed by atoms with van der Waals surface area (Å²) in [6, 6.07) is 15.7.